The molecule has 0 fully saturated rings. The zero-order valence-electron chi connectivity index (χ0n) is 33.0. The van der Waals surface area contributed by atoms with Crippen molar-refractivity contribution in [2.75, 3.05) is 4.90 Å². The van der Waals surface area contributed by atoms with Crippen LogP contribution >= 0.6 is 0 Å². The molecule has 60 heavy (non-hydrogen) atoms. The first-order valence-electron chi connectivity index (χ1n) is 20.6. The molecule has 0 amide bonds. The quantitative estimate of drug-likeness (QED) is 0.150. The van der Waals surface area contributed by atoms with Gasteiger partial charge in [0.1, 0.15) is 0 Å². The van der Waals surface area contributed by atoms with Gasteiger partial charge in [0, 0.05) is 28.0 Å². The van der Waals surface area contributed by atoms with Gasteiger partial charge in [0.05, 0.1) is 16.6 Å². The Labute approximate surface area is 350 Å². The molecule has 11 rings (SSSR count). The fourth-order valence-electron chi connectivity index (χ4n) is 8.91. The third-order valence-electron chi connectivity index (χ3n) is 11.8. The smallest absolute Gasteiger partial charge is 0.0547 e. The minimum Gasteiger partial charge on any atom is -0.310 e. The van der Waals surface area contributed by atoms with Crippen LogP contribution in [0.1, 0.15) is 0 Å². The van der Waals surface area contributed by atoms with Crippen LogP contribution in [0.4, 0.5) is 17.1 Å². The van der Waals surface area contributed by atoms with Crippen LogP contribution in [-0.4, -0.2) is 4.40 Å². The average molecular weight is 765 g/mol. The molecule has 2 heteroatoms. The van der Waals surface area contributed by atoms with Gasteiger partial charge >= 0.3 is 0 Å². The molecule has 0 unspecified atom stereocenters. The molecule has 0 aliphatic carbocycles. The fourth-order valence-corrected chi connectivity index (χ4v) is 8.91. The van der Waals surface area contributed by atoms with Gasteiger partial charge in [0.2, 0.25) is 0 Å². The lowest BCUT2D eigenvalue weighted by Crippen LogP contribution is -2.09. The van der Waals surface area contributed by atoms with Gasteiger partial charge in [-0.1, -0.05) is 188 Å². The Morgan fingerprint density at radius 1 is 0.267 bits per heavy atom. The van der Waals surface area contributed by atoms with E-state index in [4.69, 9.17) is 0 Å². The molecule has 282 valence electrons. The van der Waals surface area contributed by atoms with E-state index in [1.165, 1.54) is 83.0 Å². The van der Waals surface area contributed by atoms with Crippen LogP contribution in [0.25, 0.3) is 83.0 Å². The Kier molecular flexibility index (Phi) is 8.87. The third-order valence-corrected chi connectivity index (χ3v) is 11.8. The van der Waals surface area contributed by atoms with Crippen molar-refractivity contribution in [2.24, 2.45) is 0 Å². The summed E-state index contributed by atoms with van der Waals surface area (Å²) in [5, 5.41) is 2.48. The SMILES string of the molecule is c1ccc(-c2ccccc2-c2ccc(N(c3ccccc3)c3cccc(-c4ccc(-c5ccc6ccc7c(-c8ccccc8)c8ccccc8n7c6c5)cc4)c3)cc2)cc1. The second-order valence-corrected chi connectivity index (χ2v) is 15.3. The normalized spacial score (nSPS) is 11.3. The van der Waals surface area contributed by atoms with Gasteiger partial charge in [-0.15, -0.1) is 0 Å². The highest BCUT2D eigenvalue weighted by atomic mass is 15.1. The zero-order chi connectivity index (χ0) is 39.8. The third kappa shape index (κ3) is 6.32. The Morgan fingerprint density at radius 3 is 1.45 bits per heavy atom. The van der Waals surface area contributed by atoms with E-state index in [9.17, 15) is 0 Å². The van der Waals surface area contributed by atoms with Crippen molar-refractivity contribution in [2.45, 2.75) is 0 Å². The molecular weight excluding hydrogens is 725 g/mol. The molecule has 0 spiro atoms. The Bertz CT molecular complexity index is 3270. The predicted molar refractivity (Wildman–Crippen MR) is 254 cm³/mol. The van der Waals surface area contributed by atoms with E-state index in [-0.39, 0.29) is 0 Å². The van der Waals surface area contributed by atoms with Crippen LogP contribution in [-0.2, 0) is 0 Å². The van der Waals surface area contributed by atoms with Crippen molar-refractivity contribution in [3.05, 3.63) is 243 Å². The summed E-state index contributed by atoms with van der Waals surface area (Å²) in [5.41, 5.74) is 19.1. The molecule has 2 nitrogen and oxygen atoms in total. The van der Waals surface area contributed by atoms with Crippen molar-refractivity contribution >= 4 is 44.4 Å². The minimum atomic E-state index is 1.10. The number of hydrogen-bond donors (Lipinski definition) is 0. The molecule has 0 saturated heterocycles. The summed E-state index contributed by atoms with van der Waals surface area (Å²) in [5.74, 6) is 0. The summed E-state index contributed by atoms with van der Waals surface area (Å²) >= 11 is 0. The maximum Gasteiger partial charge on any atom is 0.0547 e. The number of para-hydroxylation sites is 2. The highest BCUT2D eigenvalue weighted by molar-refractivity contribution is 6.08. The van der Waals surface area contributed by atoms with Crippen molar-refractivity contribution in [3.63, 3.8) is 0 Å². The first-order chi connectivity index (χ1) is 29.8. The van der Waals surface area contributed by atoms with E-state index < -0.39 is 0 Å². The number of hydrogen-bond acceptors (Lipinski definition) is 1. The largest absolute Gasteiger partial charge is 0.310 e. The van der Waals surface area contributed by atoms with Crippen LogP contribution in [0.5, 0.6) is 0 Å². The first kappa shape index (κ1) is 35.2. The van der Waals surface area contributed by atoms with Gasteiger partial charge < -0.3 is 9.30 Å². The van der Waals surface area contributed by atoms with Gasteiger partial charge in [-0.2, -0.15) is 0 Å². The predicted octanol–water partition coefficient (Wildman–Crippen LogP) is 16.1. The summed E-state index contributed by atoms with van der Waals surface area (Å²) in [6, 6.07) is 87.7. The molecule has 2 aromatic heterocycles. The van der Waals surface area contributed by atoms with Crippen LogP contribution < -0.4 is 4.90 Å². The molecule has 0 aliphatic rings. The number of benzene rings is 9. The van der Waals surface area contributed by atoms with Crippen LogP contribution in [0.2, 0.25) is 0 Å². The second-order valence-electron chi connectivity index (χ2n) is 15.3. The van der Waals surface area contributed by atoms with Crippen molar-refractivity contribution in [3.8, 4) is 55.6 Å². The van der Waals surface area contributed by atoms with E-state index in [0.717, 1.165) is 17.1 Å². The lowest BCUT2D eigenvalue weighted by atomic mass is 9.94. The number of rotatable bonds is 8. The summed E-state index contributed by atoms with van der Waals surface area (Å²) in [6.07, 6.45) is 0. The van der Waals surface area contributed by atoms with E-state index in [2.05, 4.69) is 252 Å². The molecular formula is C58H40N2. The molecule has 0 aliphatic heterocycles. The van der Waals surface area contributed by atoms with Gasteiger partial charge in [-0.25, -0.2) is 0 Å². The lowest BCUT2D eigenvalue weighted by Gasteiger charge is -2.26. The number of pyridine rings is 1. The molecule has 0 radical (unpaired) electrons. The highest BCUT2D eigenvalue weighted by Crippen LogP contribution is 2.41. The molecule has 0 N–H and O–H groups in total. The number of anilines is 3. The molecule has 0 saturated carbocycles. The number of nitrogens with zero attached hydrogens (tertiary/aromatic N) is 2. The Morgan fingerprint density at radius 2 is 0.750 bits per heavy atom. The zero-order valence-corrected chi connectivity index (χ0v) is 33.0. The summed E-state index contributed by atoms with van der Waals surface area (Å²) in [7, 11) is 0. The molecule has 2 heterocycles. The first-order valence-corrected chi connectivity index (χ1v) is 20.6. The Hall–Kier alpha value is -7.94. The van der Waals surface area contributed by atoms with E-state index in [1.807, 2.05) is 0 Å². The highest BCUT2D eigenvalue weighted by Gasteiger charge is 2.17. The lowest BCUT2D eigenvalue weighted by molar-refractivity contribution is 1.28. The maximum atomic E-state index is 2.44. The average Bonchev–Trinajstić information content (AvgIpc) is 3.68. The van der Waals surface area contributed by atoms with Crippen molar-refractivity contribution in [1.29, 1.82) is 0 Å². The second kappa shape index (κ2) is 15.1. The van der Waals surface area contributed by atoms with Crippen LogP contribution in [0.3, 0.4) is 0 Å². The van der Waals surface area contributed by atoms with Crippen LogP contribution in [0.15, 0.2) is 243 Å². The van der Waals surface area contributed by atoms with Gasteiger partial charge in [0.15, 0.2) is 0 Å². The van der Waals surface area contributed by atoms with E-state index in [1.54, 1.807) is 0 Å². The monoisotopic (exact) mass is 764 g/mol. The van der Waals surface area contributed by atoms with Gasteiger partial charge in [0.25, 0.3) is 0 Å². The summed E-state index contributed by atoms with van der Waals surface area (Å²) in [4.78, 5) is 2.34. The molecule has 11 aromatic rings. The Balaban J connectivity index is 0.935. The summed E-state index contributed by atoms with van der Waals surface area (Å²) < 4.78 is 2.44. The van der Waals surface area contributed by atoms with E-state index in [0.29, 0.717) is 0 Å². The van der Waals surface area contributed by atoms with E-state index >= 15 is 0 Å². The maximum absolute atomic E-state index is 2.44. The standard InChI is InChI=1S/C58H40N2/c1-4-15-43(16-5-1)52-23-10-11-24-53(52)44-33-36-50(37-34-44)59(49-20-8-3-9-21-49)51-22-14-19-47(39-51)41-27-29-42(30-28-41)48-32-31-45-35-38-56-58(46-17-6-2-7-18-46)54-25-12-13-26-55(54)60(56)57(45)40-48/h1-40H. The van der Waals surface area contributed by atoms with Crippen molar-refractivity contribution in [1.82, 2.24) is 4.40 Å². The minimum absolute atomic E-state index is 1.10. The van der Waals surface area contributed by atoms with Crippen LogP contribution in [0, 0.1) is 0 Å². The molecule has 9 aromatic carbocycles. The number of fused-ring (bicyclic) bond motifs is 5. The van der Waals surface area contributed by atoms with Gasteiger partial charge in [-0.3, -0.25) is 0 Å². The van der Waals surface area contributed by atoms with Gasteiger partial charge in [-0.05, 0) is 110 Å². The summed E-state index contributed by atoms with van der Waals surface area (Å²) in [6.45, 7) is 0. The molecule has 0 bridgehead atoms. The van der Waals surface area contributed by atoms with Crippen molar-refractivity contribution < 1.29 is 0 Å². The topological polar surface area (TPSA) is 7.65 Å². The fraction of sp³-hybridized carbons (Fsp3) is 0. The number of aromatic nitrogens is 1. The molecule has 0 atom stereocenters.